The minimum atomic E-state index is 0.185. The molecular weight excluding hydrogens is 308 g/mol. The highest BCUT2D eigenvalue weighted by Crippen LogP contribution is 2.24. The normalized spacial score (nSPS) is 19.0. The van der Waals surface area contributed by atoms with Gasteiger partial charge in [-0.3, -0.25) is 9.80 Å². The second-order valence-electron chi connectivity index (χ2n) is 5.37. The van der Waals surface area contributed by atoms with Gasteiger partial charge in [-0.1, -0.05) is 16.8 Å². The maximum Gasteiger partial charge on any atom is 0.243 e. The minimum Gasteiger partial charge on any atom is -0.338 e. The maximum atomic E-state index is 5.98. The van der Waals surface area contributed by atoms with Gasteiger partial charge in [-0.05, 0) is 26.0 Å². The average molecular weight is 327 g/mol. The molecule has 0 N–H and O–H groups in total. The number of halogens is 1. The van der Waals surface area contributed by atoms with E-state index in [-0.39, 0.29) is 6.04 Å². The van der Waals surface area contributed by atoms with Gasteiger partial charge in [0, 0.05) is 37.6 Å². The monoisotopic (exact) mass is 326 g/mol. The number of hydrogen-bond donors (Lipinski definition) is 0. The molecule has 3 rings (SSSR count). The van der Waals surface area contributed by atoms with Gasteiger partial charge < -0.3 is 4.52 Å². The van der Waals surface area contributed by atoms with Crippen molar-refractivity contribution in [3.8, 4) is 0 Å². The molecule has 2 aromatic heterocycles. The van der Waals surface area contributed by atoms with Gasteiger partial charge in [-0.15, -0.1) is 11.3 Å². The predicted molar refractivity (Wildman–Crippen MR) is 83.6 cm³/mol. The van der Waals surface area contributed by atoms with E-state index in [0.29, 0.717) is 11.7 Å². The van der Waals surface area contributed by atoms with Crippen molar-refractivity contribution in [2.45, 2.75) is 26.4 Å². The maximum absolute atomic E-state index is 5.98. The molecule has 21 heavy (non-hydrogen) atoms. The van der Waals surface area contributed by atoms with E-state index < -0.39 is 0 Å². The van der Waals surface area contributed by atoms with E-state index in [9.17, 15) is 0 Å². The number of aryl methyl sites for hydroxylation is 1. The molecule has 0 aliphatic carbocycles. The second-order valence-corrected chi connectivity index (χ2v) is 7.17. The van der Waals surface area contributed by atoms with Gasteiger partial charge in [0.2, 0.25) is 5.89 Å². The van der Waals surface area contributed by atoms with Crippen LogP contribution in [0, 0.1) is 6.92 Å². The first-order chi connectivity index (χ1) is 10.1. The first-order valence-corrected chi connectivity index (χ1v) is 8.32. The highest BCUT2D eigenvalue weighted by molar-refractivity contribution is 7.16. The molecule has 0 amide bonds. The van der Waals surface area contributed by atoms with Crippen LogP contribution in [0.4, 0.5) is 0 Å². The molecule has 2 aromatic rings. The lowest BCUT2D eigenvalue weighted by atomic mass is 10.2. The highest BCUT2D eigenvalue weighted by atomic mass is 35.5. The van der Waals surface area contributed by atoms with Crippen molar-refractivity contribution in [2.24, 2.45) is 0 Å². The van der Waals surface area contributed by atoms with Gasteiger partial charge in [-0.25, -0.2) is 0 Å². The topological polar surface area (TPSA) is 45.4 Å². The molecule has 1 aliphatic rings. The molecule has 0 aromatic carbocycles. The highest BCUT2D eigenvalue weighted by Gasteiger charge is 2.25. The summed E-state index contributed by atoms with van der Waals surface area (Å²) in [5.41, 5.74) is 0. The summed E-state index contributed by atoms with van der Waals surface area (Å²) in [5.74, 6) is 1.41. The Bertz CT molecular complexity index is 591. The van der Waals surface area contributed by atoms with Crippen LogP contribution in [0.1, 0.15) is 29.6 Å². The quantitative estimate of drug-likeness (QED) is 0.864. The largest absolute Gasteiger partial charge is 0.338 e. The predicted octanol–water partition coefficient (Wildman–Crippen LogP) is 2.97. The van der Waals surface area contributed by atoms with Crippen LogP contribution in [-0.4, -0.2) is 46.1 Å². The number of thiophene rings is 1. The van der Waals surface area contributed by atoms with Crippen LogP contribution < -0.4 is 0 Å². The lowest BCUT2D eigenvalue weighted by molar-refractivity contribution is 0.0850. The Hall–Kier alpha value is -0.950. The Morgan fingerprint density at radius 2 is 2.10 bits per heavy atom. The van der Waals surface area contributed by atoms with E-state index in [1.807, 2.05) is 13.0 Å². The van der Waals surface area contributed by atoms with Crippen LogP contribution in [0.5, 0.6) is 0 Å². The molecule has 3 heterocycles. The minimum absolute atomic E-state index is 0.185. The zero-order valence-corrected chi connectivity index (χ0v) is 13.8. The Morgan fingerprint density at radius 1 is 1.33 bits per heavy atom. The summed E-state index contributed by atoms with van der Waals surface area (Å²) in [4.78, 5) is 10.5. The molecule has 0 spiro atoms. The van der Waals surface area contributed by atoms with Crippen molar-refractivity contribution in [2.75, 3.05) is 26.2 Å². The second kappa shape index (κ2) is 6.44. The molecule has 7 heteroatoms. The van der Waals surface area contributed by atoms with E-state index in [2.05, 4.69) is 32.9 Å². The summed E-state index contributed by atoms with van der Waals surface area (Å²) in [7, 11) is 0. The van der Waals surface area contributed by atoms with Crippen LogP contribution in [0.3, 0.4) is 0 Å². The molecule has 1 fully saturated rings. The summed E-state index contributed by atoms with van der Waals surface area (Å²) in [5, 5.41) is 3.87. The summed E-state index contributed by atoms with van der Waals surface area (Å²) in [6.45, 7) is 9.09. The average Bonchev–Trinajstić information content (AvgIpc) is 3.08. The summed E-state index contributed by atoms with van der Waals surface area (Å²) < 4.78 is 6.14. The third-order valence-electron chi connectivity index (χ3n) is 3.86. The van der Waals surface area contributed by atoms with Gasteiger partial charge in [-0.2, -0.15) is 4.98 Å². The number of rotatable bonds is 4. The third-order valence-corrected chi connectivity index (χ3v) is 5.08. The summed E-state index contributed by atoms with van der Waals surface area (Å²) in [6.07, 6.45) is 0. The van der Waals surface area contributed by atoms with Crippen molar-refractivity contribution in [3.05, 3.63) is 33.1 Å². The molecule has 5 nitrogen and oxygen atoms in total. The van der Waals surface area contributed by atoms with Gasteiger partial charge >= 0.3 is 0 Å². The zero-order valence-electron chi connectivity index (χ0n) is 12.3. The first kappa shape index (κ1) is 15.0. The van der Waals surface area contributed by atoms with Crippen LogP contribution in [0.2, 0.25) is 4.34 Å². The van der Waals surface area contributed by atoms with E-state index in [1.165, 1.54) is 4.88 Å². The van der Waals surface area contributed by atoms with Crippen molar-refractivity contribution < 1.29 is 4.52 Å². The Balaban J connectivity index is 1.52. The van der Waals surface area contributed by atoms with Gasteiger partial charge in [0.25, 0.3) is 0 Å². The van der Waals surface area contributed by atoms with Gasteiger partial charge in [0.1, 0.15) is 0 Å². The van der Waals surface area contributed by atoms with Crippen molar-refractivity contribution in [1.82, 2.24) is 19.9 Å². The van der Waals surface area contributed by atoms with Crippen molar-refractivity contribution in [3.63, 3.8) is 0 Å². The van der Waals surface area contributed by atoms with Crippen LogP contribution in [-0.2, 0) is 6.54 Å². The van der Waals surface area contributed by atoms with E-state index in [4.69, 9.17) is 16.1 Å². The number of aromatic nitrogens is 2. The molecule has 1 atom stereocenters. The molecule has 1 aliphatic heterocycles. The van der Waals surface area contributed by atoms with Crippen molar-refractivity contribution in [1.29, 1.82) is 0 Å². The van der Waals surface area contributed by atoms with Gasteiger partial charge in [0.15, 0.2) is 5.82 Å². The van der Waals surface area contributed by atoms with E-state index in [1.54, 1.807) is 11.3 Å². The molecule has 0 radical (unpaired) electrons. The third kappa shape index (κ3) is 3.63. The molecule has 1 saturated heterocycles. The molecule has 114 valence electrons. The lowest BCUT2D eigenvalue weighted by Gasteiger charge is -2.36. The van der Waals surface area contributed by atoms with Crippen LogP contribution in [0.15, 0.2) is 16.7 Å². The summed E-state index contributed by atoms with van der Waals surface area (Å²) in [6, 6.07) is 4.27. The van der Waals surface area contributed by atoms with Gasteiger partial charge in [0.05, 0.1) is 10.4 Å². The first-order valence-electron chi connectivity index (χ1n) is 7.12. The van der Waals surface area contributed by atoms with Crippen LogP contribution in [0.25, 0.3) is 0 Å². The Kier molecular flexibility index (Phi) is 4.59. The van der Waals surface area contributed by atoms with Crippen molar-refractivity contribution >= 4 is 22.9 Å². The lowest BCUT2D eigenvalue weighted by Crippen LogP contribution is -2.46. The molecule has 0 saturated carbocycles. The molecule has 1 unspecified atom stereocenters. The Labute approximate surface area is 133 Å². The fourth-order valence-corrected chi connectivity index (χ4v) is 3.73. The van der Waals surface area contributed by atoms with E-state index in [0.717, 1.165) is 37.1 Å². The standard InChI is InChI=1S/C14H19ClN4OS/c1-10(14-16-11(2)17-20-14)19-7-5-18(6-8-19)9-12-3-4-13(15)21-12/h3-4,10H,5-9H2,1-2H3. The number of nitrogens with zero attached hydrogens (tertiary/aromatic N) is 4. The smallest absolute Gasteiger partial charge is 0.243 e. The fraction of sp³-hybridized carbons (Fsp3) is 0.571. The fourth-order valence-electron chi connectivity index (χ4n) is 2.60. The Morgan fingerprint density at radius 3 is 2.67 bits per heavy atom. The number of piperazine rings is 1. The zero-order chi connectivity index (χ0) is 14.8. The SMILES string of the molecule is Cc1noc(C(C)N2CCN(Cc3ccc(Cl)s3)CC2)n1. The van der Waals surface area contributed by atoms with E-state index >= 15 is 0 Å². The molecule has 0 bridgehead atoms. The molecular formula is C14H19ClN4OS. The number of hydrogen-bond acceptors (Lipinski definition) is 6. The van der Waals surface area contributed by atoms with Crippen LogP contribution >= 0.6 is 22.9 Å². The summed E-state index contributed by atoms with van der Waals surface area (Å²) >= 11 is 7.65.